The molecule has 0 aliphatic carbocycles. The number of benzene rings is 1. The van der Waals surface area contributed by atoms with Crippen LogP contribution in [0.1, 0.15) is 0 Å². The summed E-state index contributed by atoms with van der Waals surface area (Å²) in [5.74, 6) is -2.00. The Labute approximate surface area is 108 Å². The minimum atomic E-state index is -1.13. The molecule has 1 aromatic carbocycles. The van der Waals surface area contributed by atoms with Gasteiger partial charge in [0.05, 0.1) is 6.20 Å². The van der Waals surface area contributed by atoms with Crippen LogP contribution >= 0.6 is 0 Å². The fraction of sp³-hybridized carbons (Fsp3) is 0.167. The van der Waals surface area contributed by atoms with Crippen LogP contribution in [0.5, 0.6) is 0 Å². The molecule has 0 bridgehead atoms. The Hall–Kier alpha value is -2.70. The summed E-state index contributed by atoms with van der Waals surface area (Å²) < 4.78 is 0. The number of carbonyl (C=O) groups is 2. The second kappa shape index (κ2) is 5.30. The Kier molecular flexibility index (Phi) is 3.56. The average molecular weight is 261 g/mol. The maximum Gasteiger partial charge on any atom is 0.323 e. The Bertz CT molecular complexity index is 608. The van der Waals surface area contributed by atoms with E-state index in [0.717, 1.165) is 5.39 Å². The van der Waals surface area contributed by atoms with Gasteiger partial charge in [0.1, 0.15) is 13.1 Å². The SMILES string of the molecule is O=C(O)CN(CC(=O)O)c1nncc2ccccc12. The van der Waals surface area contributed by atoms with Crippen LogP contribution < -0.4 is 4.90 Å². The molecule has 0 saturated heterocycles. The second-order valence-corrected chi connectivity index (χ2v) is 3.90. The van der Waals surface area contributed by atoms with Crippen molar-refractivity contribution in [3.8, 4) is 0 Å². The fourth-order valence-corrected chi connectivity index (χ4v) is 1.78. The molecule has 2 aromatic rings. The van der Waals surface area contributed by atoms with Crippen molar-refractivity contribution in [1.82, 2.24) is 10.2 Å². The highest BCUT2D eigenvalue weighted by molar-refractivity contribution is 5.93. The van der Waals surface area contributed by atoms with Gasteiger partial charge in [0.2, 0.25) is 0 Å². The molecule has 0 saturated carbocycles. The van der Waals surface area contributed by atoms with Gasteiger partial charge in [0.25, 0.3) is 0 Å². The molecular weight excluding hydrogens is 250 g/mol. The van der Waals surface area contributed by atoms with E-state index in [4.69, 9.17) is 10.2 Å². The zero-order chi connectivity index (χ0) is 13.8. The highest BCUT2D eigenvalue weighted by atomic mass is 16.4. The van der Waals surface area contributed by atoms with Crippen molar-refractivity contribution in [2.75, 3.05) is 18.0 Å². The smallest absolute Gasteiger partial charge is 0.323 e. The van der Waals surface area contributed by atoms with Crippen molar-refractivity contribution in [3.05, 3.63) is 30.5 Å². The van der Waals surface area contributed by atoms with Gasteiger partial charge in [-0.2, -0.15) is 5.10 Å². The van der Waals surface area contributed by atoms with Gasteiger partial charge in [-0.05, 0) is 0 Å². The van der Waals surface area contributed by atoms with Crippen LogP contribution in [-0.2, 0) is 9.59 Å². The highest BCUT2D eigenvalue weighted by Gasteiger charge is 2.18. The predicted octanol–water partition coefficient (Wildman–Crippen LogP) is 0.605. The van der Waals surface area contributed by atoms with E-state index in [-0.39, 0.29) is 5.82 Å². The molecule has 7 heteroatoms. The number of anilines is 1. The molecule has 1 aromatic heterocycles. The van der Waals surface area contributed by atoms with Crippen LogP contribution in [0.3, 0.4) is 0 Å². The Morgan fingerprint density at radius 2 is 1.74 bits per heavy atom. The van der Waals surface area contributed by atoms with Crippen LogP contribution in [0.4, 0.5) is 5.82 Å². The van der Waals surface area contributed by atoms with E-state index in [1.54, 1.807) is 24.4 Å². The largest absolute Gasteiger partial charge is 0.480 e. The minimum Gasteiger partial charge on any atom is -0.480 e. The van der Waals surface area contributed by atoms with Gasteiger partial charge in [-0.1, -0.05) is 24.3 Å². The minimum absolute atomic E-state index is 0.253. The number of carboxylic acid groups (broad SMARTS) is 2. The third kappa shape index (κ3) is 2.95. The first kappa shape index (κ1) is 12.7. The summed E-state index contributed by atoms with van der Waals surface area (Å²) in [5, 5.41) is 26.8. The van der Waals surface area contributed by atoms with Crippen LogP contribution in [-0.4, -0.2) is 45.4 Å². The summed E-state index contributed by atoms with van der Waals surface area (Å²) in [4.78, 5) is 22.8. The van der Waals surface area contributed by atoms with Crippen molar-refractivity contribution in [2.24, 2.45) is 0 Å². The lowest BCUT2D eigenvalue weighted by molar-refractivity contribution is -0.136. The second-order valence-electron chi connectivity index (χ2n) is 3.90. The van der Waals surface area contributed by atoms with Gasteiger partial charge < -0.3 is 15.1 Å². The van der Waals surface area contributed by atoms with E-state index < -0.39 is 25.0 Å². The lowest BCUT2D eigenvalue weighted by atomic mass is 10.2. The molecule has 0 aliphatic heterocycles. The molecule has 1 heterocycles. The Morgan fingerprint density at radius 1 is 1.11 bits per heavy atom. The molecule has 2 N–H and O–H groups in total. The molecule has 98 valence electrons. The van der Waals surface area contributed by atoms with Crippen molar-refractivity contribution >= 4 is 28.5 Å². The van der Waals surface area contributed by atoms with Crippen LogP contribution in [0.2, 0.25) is 0 Å². The first-order valence-electron chi connectivity index (χ1n) is 5.47. The summed E-state index contributed by atoms with van der Waals surface area (Å²) in [6, 6.07) is 7.13. The predicted molar refractivity (Wildman–Crippen MR) is 67.0 cm³/mol. The molecule has 0 amide bonds. The van der Waals surface area contributed by atoms with E-state index in [2.05, 4.69) is 10.2 Å². The number of nitrogens with zero attached hydrogens (tertiary/aromatic N) is 3. The fourth-order valence-electron chi connectivity index (χ4n) is 1.78. The van der Waals surface area contributed by atoms with Gasteiger partial charge in [0.15, 0.2) is 5.82 Å². The zero-order valence-electron chi connectivity index (χ0n) is 9.85. The van der Waals surface area contributed by atoms with Gasteiger partial charge >= 0.3 is 11.9 Å². The summed E-state index contributed by atoms with van der Waals surface area (Å²) in [6.45, 7) is -0.899. The van der Waals surface area contributed by atoms with Gasteiger partial charge in [-0.25, -0.2) is 0 Å². The topological polar surface area (TPSA) is 104 Å². The van der Waals surface area contributed by atoms with Crippen LogP contribution in [0, 0.1) is 0 Å². The molecule has 0 fully saturated rings. The number of aliphatic carboxylic acids is 2. The van der Waals surface area contributed by atoms with Crippen molar-refractivity contribution in [3.63, 3.8) is 0 Å². The first-order chi connectivity index (χ1) is 9.08. The summed E-state index contributed by atoms with van der Waals surface area (Å²) >= 11 is 0. The molecular formula is C12H11N3O4. The van der Waals surface area contributed by atoms with Crippen LogP contribution in [0.25, 0.3) is 10.8 Å². The third-order valence-corrected chi connectivity index (χ3v) is 2.50. The number of rotatable bonds is 5. The molecule has 0 aliphatic rings. The summed E-state index contributed by atoms with van der Waals surface area (Å²) in [6.07, 6.45) is 1.54. The number of hydrogen-bond donors (Lipinski definition) is 2. The molecule has 19 heavy (non-hydrogen) atoms. The van der Waals surface area contributed by atoms with Crippen molar-refractivity contribution in [2.45, 2.75) is 0 Å². The summed E-state index contributed by atoms with van der Waals surface area (Å²) in [7, 11) is 0. The Morgan fingerprint density at radius 3 is 2.37 bits per heavy atom. The highest BCUT2D eigenvalue weighted by Crippen LogP contribution is 2.22. The van der Waals surface area contributed by atoms with Crippen LogP contribution in [0.15, 0.2) is 30.5 Å². The van der Waals surface area contributed by atoms with E-state index in [1.807, 2.05) is 6.07 Å². The van der Waals surface area contributed by atoms with E-state index in [1.165, 1.54) is 4.90 Å². The molecule has 2 rings (SSSR count). The molecule has 0 radical (unpaired) electrons. The zero-order valence-corrected chi connectivity index (χ0v) is 9.85. The van der Waals surface area contributed by atoms with Crippen molar-refractivity contribution in [1.29, 1.82) is 0 Å². The van der Waals surface area contributed by atoms with Gasteiger partial charge in [-0.15, -0.1) is 5.10 Å². The monoisotopic (exact) mass is 261 g/mol. The number of hydrogen-bond acceptors (Lipinski definition) is 5. The quantitative estimate of drug-likeness (QED) is 0.812. The Balaban J connectivity index is 2.48. The number of aromatic nitrogens is 2. The molecule has 7 nitrogen and oxygen atoms in total. The number of fused-ring (bicyclic) bond motifs is 1. The average Bonchev–Trinajstić information content (AvgIpc) is 2.36. The number of carboxylic acids is 2. The first-order valence-corrected chi connectivity index (χ1v) is 5.47. The van der Waals surface area contributed by atoms with E-state index >= 15 is 0 Å². The molecule has 0 spiro atoms. The normalized spacial score (nSPS) is 10.3. The maximum absolute atomic E-state index is 10.8. The molecule has 0 atom stereocenters. The standard InChI is InChI=1S/C12H11N3O4/c16-10(17)6-15(7-11(18)19)12-9-4-2-1-3-8(9)5-13-14-12/h1-5H,6-7H2,(H,16,17)(H,18,19). The van der Waals surface area contributed by atoms with Gasteiger partial charge in [-0.3, -0.25) is 9.59 Å². The van der Waals surface area contributed by atoms with Gasteiger partial charge in [0, 0.05) is 10.8 Å². The van der Waals surface area contributed by atoms with E-state index in [0.29, 0.717) is 5.39 Å². The van der Waals surface area contributed by atoms with E-state index in [9.17, 15) is 9.59 Å². The summed E-state index contributed by atoms with van der Waals surface area (Å²) in [5.41, 5.74) is 0. The molecule has 0 unspecified atom stereocenters. The van der Waals surface area contributed by atoms with Crippen molar-refractivity contribution < 1.29 is 19.8 Å². The maximum atomic E-state index is 10.8. The lowest BCUT2D eigenvalue weighted by Crippen LogP contribution is -2.35. The lowest BCUT2D eigenvalue weighted by Gasteiger charge is -2.20. The third-order valence-electron chi connectivity index (χ3n) is 2.50.